The van der Waals surface area contributed by atoms with E-state index in [-0.39, 0.29) is 0 Å². The molecular weight excluding hydrogens is 252 g/mol. The van der Waals surface area contributed by atoms with Crippen LogP contribution in [-0.2, 0) is 0 Å². The number of hydrogen-bond acceptors (Lipinski definition) is 2. The Hall–Kier alpha value is -1.87. The number of fused-ring (bicyclic) bond motifs is 1. The topological polar surface area (TPSA) is 30.4 Å². The van der Waals surface area contributed by atoms with Gasteiger partial charge < -0.3 is 10.1 Å². The zero-order valence-electron chi connectivity index (χ0n) is 11.2. The van der Waals surface area contributed by atoms with Crippen LogP contribution in [-0.4, -0.2) is 4.40 Å². The van der Waals surface area contributed by atoms with E-state index in [9.17, 15) is 0 Å². The molecule has 0 bridgehead atoms. The number of benzene rings is 1. The van der Waals surface area contributed by atoms with Crippen LogP contribution in [0.4, 0.5) is 5.69 Å². The zero-order chi connectivity index (χ0) is 13.7. The van der Waals surface area contributed by atoms with Gasteiger partial charge in [0, 0.05) is 33.4 Å². The Bertz CT molecular complexity index is 641. The molecule has 1 aromatic carbocycles. The van der Waals surface area contributed by atoms with Gasteiger partial charge in [-0.3, -0.25) is 0 Å². The van der Waals surface area contributed by atoms with Crippen LogP contribution in [0, 0.1) is 0 Å². The van der Waals surface area contributed by atoms with E-state index < -0.39 is 0 Å². The maximum absolute atomic E-state index is 5.67. The second-order valence-electron chi connectivity index (χ2n) is 3.88. The van der Waals surface area contributed by atoms with E-state index in [1.807, 2.05) is 44.2 Å². The van der Waals surface area contributed by atoms with E-state index in [2.05, 4.69) is 35.0 Å². The molecule has 0 spiro atoms. The smallest absolute Gasteiger partial charge is 0.0450 e. The first-order valence-corrected chi connectivity index (χ1v) is 7.23. The molecule has 0 fully saturated rings. The van der Waals surface area contributed by atoms with Crippen LogP contribution >= 0.6 is 11.8 Å². The second-order valence-corrected chi connectivity index (χ2v) is 5.02. The summed E-state index contributed by atoms with van der Waals surface area (Å²) in [5, 5.41) is 0. The van der Waals surface area contributed by atoms with Gasteiger partial charge in [-0.1, -0.05) is 25.6 Å². The predicted octanol–water partition coefficient (Wildman–Crippen LogP) is 4.70. The third-order valence-electron chi connectivity index (χ3n) is 2.61. The fourth-order valence-corrected chi connectivity index (χ4v) is 2.59. The van der Waals surface area contributed by atoms with Crippen LogP contribution in [0.3, 0.4) is 0 Å². The average molecular weight is 270 g/mol. The van der Waals surface area contributed by atoms with Crippen LogP contribution < -0.4 is 5.73 Å². The summed E-state index contributed by atoms with van der Waals surface area (Å²) >= 11 is 1.74. The summed E-state index contributed by atoms with van der Waals surface area (Å²) in [6.07, 6.45) is 4.19. The van der Waals surface area contributed by atoms with Crippen molar-refractivity contribution >= 4 is 23.0 Å². The van der Waals surface area contributed by atoms with E-state index >= 15 is 0 Å². The molecule has 0 atom stereocenters. The maximum atomic E-state index is 5.67. The van der Waals surface area contributed by atoms with Crippen molar-refractivity contribution in [2.45, 2.75) is 23.6 Å². The molecule has 0 aliphatic heterocycles. The van der Waals surface area contributed by atoms with Gasteiger partial charge in [-0.05, 0) is 48.5 Å². The number of pyridine rings is 1. The first-order chi connectivity index (χ1) is 9.31. The number of nitrogens with zero attached hydrogens (tertiary/aromatic N) is 1. The van der Waals surface area contributed by atoms with E-state index in [4.69, 9.17) is 5.73 Å². The van der Waals surface area contributed by atoms with Crippen LogP contribution in [0.5, 0.6) is 0 Å². The Morgan fingerprint density at radius 1 is 0.895 bits per heavy atom. The van der Waals surface area contributed by atoms with Gasteiger partial charge in [0.1, 0.15) is 0 Å². The Morgan fingerprint density at radius 3 is 2.32 bits per heavy atom. The standard InChI is InChI=1S/C14H12N2S.C2H6/c15-11-3-6-13(7-4-11)17-14-8-5-12-2-1-9-16(12)10-14;1-2/h1-10H,15H2;1-2H3. The van der Waals surface area contributed by atoms with E-state index in [1.54, 1.807) is 11.8 Å². The first kappa shape index (κ1) is 13.6. The van der Waals surface area contributed by atoms with Gasteiger partial charge in [0.2, 0.25) is 0 Å². The average Bonchev–Trinajstić information content (AvgIpc) is 2.91. The van der Waals surface area contributed by atoms with E-state index in [1.165, 1.54) is 15.3 Å². The van der Waals surface area contributed by atoms with Gasteiger partial charge >= 0.3 is 0 Å². The molecule has 3 heteroatoms. The number of anilines is 1. The van der Waals surface area contributed by atoms with Crippen LogP contribution in [0.1, 0.15) is 13.8 Å². The number of rotatable bonds is 2. The van der Waals surface area contributed by atoms with Crippen molar-refractivity contribution < 1.29 is 0 Å². The summed E-state index contributed by atoms with van der Waals surface area (Å²) in [7, 11) is 0. The molecule has 0 unspecified atom stereocenters. The monoisotopic (exact) mass is 270 g/mol. The molecule has 0 radical (unpaired) electrons. The van der Waals surface area contributed by atoms with Gasteiger partial charge in [0.25, 0.3) is 0 Å². The van der Waals surface area contributed by atoms with Crippen molar-refractivity contribution in [1.82, 2.24) is 4.40 Å². The number of nitrogens with two attached hydrogens (primary N) is 1. The minimum Gasteiger partial charge on any atom is -0.399 e. The van der Waals surface area contributed by atoms with Crippen molar-refractivity contribution in [1.29, 1.82) is 0 Å². The van der Waals surface area contributed by atoms with Gasteiger partial charge in [-0.2, -0.15) is 0 Å². The minimum absolute atomic E-state index is 0.801. The molecule has 2 nitrogen and oxygen atoms in total. The number of nitrogen functional groups attached to an aromatic ring is 1. The summed E-state index contributed by atoms with van der Waals surface area (Å²) in [4.78, 5) is 2.42. The quantitative estimate of drug-likeness (QED) is 0.684. The van der Waals surface area contributed by atoms with Gasteiger partial charge in [0.05, 0.1) is 0 Å². The van der Waals surface area contributed by atoms with Gasteiger partial charge in [-0.25, -0.2) is 0 Å². The maximum Gasteiger partial charge on any atom is 0.0450 e. The van der Waals surface area contributed by atoms with Crippen molar-refractivity contribution in [2.24, 2.45) is 0 Å². The number of aromatic nitrogens is 1. The molecule has 0 amide bonds. The molecule has 3 aromatic rings. The Balaban J connectivity index is 0.000000637. The lowest BCUT2D eigenvalue weighted by molar-refractivity contribution is 1.14. The first-order valence-electron chi connectivity index (χ1n) is 6.41. The molecule has 2 aromatic heterocycles. The molecule has 19 heavy (non-hydrogen) atoms. The Kier molecular flexibility index (Phi) is 4.53. The largest absolute Gasteiger partial charge is 0.399 e. The molecule has 2 N–H and O–H groups in total. The zero-order valence-corrected chi connectivity index (χ0v) is 12.0. The Labute approximate surface area is 118 Å². The van der Waals surface area contributed by atoms with Gasteiger partial charge in [-0.15, -0.1) is 0 Å². The van der Waals surface area contributed by atoms with Crippen LogP contribution in [0.15, 0.2) is 70.7 Å². The molecule has 0 saturated heterocycles. The van der Waals surface area contributed by atoms with E-state index in [0.29, 0.717) is 0 Å². The molecule has 0 aliphatic rings. The van der Waals surface area contributed by atoms with Crippen molar-refractivity contribution in [3.63, 3.8) is 0 Å². The highest BCUT2D eigenvalue weighted by Crippen LogP contribution is 2.28. The lowest BCUT2D eigenvalue weighted by Crippen LogP contribution is -1.84. The molecule has 0 saturated carbocycles. The fraction of sp³-hybridized carbons (Fsp3) is 0.125. The highest BCUT2D eigenvalue weighted by atomic mass is 32.2. The van der Waals surface area contributed by atoms with Crippen LogP contribution in [0.2, 0.25) is 0 Å². The molecule has 0 aliphatic carbocycles. The summed E-state index contributed by atoms with van der Waals surface area (Å²) in [5.41, 5.74) is 7.68. The SMILES string of the molecule is CC.Nc1ccc(Sc2ccc3cccn3c2)cc1. The lowest BCUT2D eigenvalue weighted by Gasteiger charge is -2.03. The van der Waals surface area contributed by atoms with Gasteiger partial charge in [0.15, 0.2) is 0 Å². The van der Waals surface area contributed by atoms with Crippen molar-refractivity contribution in [3.05, 3.63) is 60.9 Å². The van der Waals surface area contributed by atoms with E-state index in [0.717, 1.165) is 5.69 Å². The molecular formula is C16H18N2S. The van der Waals surface area contributed by atoms with Crippen LogP contribution in [0.25, 0.3) is 5.52 Å². The lowest BCUT2D eigenvalue weighted by atomic mass is 10.3. The summed E-state index contributed by atoms with van der Waals surface area (Å²) < 4.78 is 2.12. The van der Waals surface area contributed by atoms with Crippen molar-refractivity contribution in [2.75, 3.05) is 5.73 Å². The fourth-order valence-electron chi connectivity index (χ4n) is 1.75. The summed E-state index contributed by atoms with van der Waals surface area (Å²) in [6.45, 7) is 4.00. The molecule has 2 heterocycles. The predicted molar refractivity (Wildman–Crippen MR) is 83.7 cm³/mol. The number of hydrogen-bond donors (Lipinski definition) is 1. The second kappa shape index (κ2) is 6.34. The molecule has 98 valence electrons. The third kappa shape index (κ3) is 3.32. The summed E-state index contributed by atoms with van der Waals surface area (Å²) in [5.74, 6) is 0. The minimum atomic E-state index is 0.801. The Morgan fingerprint density at radius 2 is 1.58 bits per heavy atom. The highest BCUT2D eigenvalue weighted by molar-refractivity contribution is 7.99. The third-order valence-corrected chi connectivity index (χ3v) is 3.60. The normalized spacial score (nSPS) is 10.0. The molecule has 3 rings (SSSR count). The highest BCUT2D eigenvalue weighted by Gasteiger charge is 1.99. The van der Waals surface area contributed by atoms with Crippen molar-refractivity contribution in [3.8, 4) is 0 Å². The summed E-state index contributed by atoms with van der Waals surface area (Å²) in [6, 6.07) is 16.3.